The maximum Gasteiger partial charge on any atom is 0.196 e. The molecule has 0 N–H and O–H groups in total. The minimum Gasteiger partial charge on any atom is -0.274 e. The molecular formula is C18H16N4S. The van der Waals surface area contributed by atoms with Crippen LogP contribution in [0.5, 0.6) is 0 Å². The molecule has 2 aromatic carbocycles. The topological polar surface area (TPSA) is 54.5 Å². The van der Waals surface area contributed by atoms with Crippen molar-refractivity contribution < 1.29 is 0 Å². The van der Waals surface area contributed by atoms with Gasteiger partial charge in [-0.2, -0.15) is 5.26 Å². The maximum atomic E-state index is 8.98. The van der Waals surface area contributed by atoms with Gasteiger partial charge in [-0.3, -0.25) is 4.57 Å². The summed E-state index contributed by atoms with van der Waals surface area (Å²) in [4.78, 5) is 0. The Bertz CT molecular complexity index is 859. The minimum atomic E-state index is 0.680. The first-order valence-corrected chi connectivity index (χ1v) is 8.27. The highest BCUT2D eigenvalue weighted by atomic mass is 32.2. The first-order valence-electron chi connectivity index (χ1n) is 7.28. The highest BCUT2D eigenvalue weighted by Gasteiger charge is 2.11. The molecule has 3 rings (SSSR count). The van der Waals surface area contributed by atoms with Gasteiger partial charge in [-0.25, -0.2) is 0 Å². The van der Waals surface area contributed by atoms with Gasteiger partial charge in [-0.1, -0.05) is 41.6 Å². The summed E-state index contributed by atoms with van der Waals surface area (Å²) in [5.41, 5.74) is 4.07. The Morgan fingerprint density at radius 3 is 2.61 bits per heavy atom. The SMILES string of the molecule is Cc1ccc(-n2c(C)nnc2SCc2cccc(C#N)c2)cc1. The number of nitriles is 1. The molecule has 1 heterocycles. The third kappa shape index (κ3) is 3.43. The summed E-state index contributed by atoms with van der Waals surface area (Å²) >= 11 is 1.62. The Kier molecular flexibility index (Phi) is 4.45. The molecule has 0 aliphatic rings. The number of thioether (sulfide) groups is 1. The molecule has 0 amide bonds. The standard InChI is InChI=1S/C18H16N4S/c1-13-6-8-17(9-7-13)22-14(2)20-21-18(22)23-12-16-5-3-4-15(10-16)11-19/h3-10H,12H2,1-2H3. The van der Waals surface area contributed by atoms with Crippen LogP contribution in [0.25, 0.3) is 5.69 Å². The van der Waals surface area contributed by atoms with Gasteiger partial charge in [0.15, 0.2) is 5.16 Å². The van der Waals surface area contributed by atoms with Crippen LogP contribution in [0.2, 0.25) is 0 Å². The largest absolute Gasteiger partial charge is 0.274 e. The van der Waals surface area contributed by atoms with Gasteiger partial charge >= 0.3 is 0 Å². The molecule has 0 bridgehead atoms. The van der Waals surface area contributed by atoms with E-state index in [2.05, 4.69) is 52.0 Å². The van der Waals surface area contributed by atoms with Crippen molar-refractivity contribution >= 4 is 11.8 Å². The van der Waals surface area contributed by atoms with Crippen LogP contribution in [0, 0.1) is 25.2 Å². The summed E-state index contributed by atoms with van der Waals surface area (Å²) in [6.07, 6.45) is 0. The highest BCUT2D eigenvalue weighted by Crippen LogP contribution is 2.25. The lowest BCUT2D eigenvalue weighted by Gasteiger charge is -2.09. The van der Waals surface area contributed by atoms with Crippen molar-refractivity contribution in [3.8, 4) is 11.8 Å². The van der Waals surface area contributed by atoms with Crippen molar-refractivity contribution in [2.24, 2.45) is 0 Å². The van der Waals surface area contributed by atoms with Gasteiger partial charge in [0, 0.05) is 11.4 Å². The monoisotopic (exact) mass is 320 g/mol. The number of rotatable bonds is 4. The second kappa shape index (κ2) is 6.67. The molecule has 5 heteroatoms. The van der Waals surface area contributed by atoms with E-state index in [-0.39, 0.29) is 0 Å². The summed E-state index contributed by atoms with van der Waals surface area (Å²) in [5, 5.41) is 18.3. The zero-order valence-corrected chi connectivity index (χ0v) is 13.8. The van der Waals surface area contributed by atoms with Gasteiger partial charge < -0.3 is 0 Å². The lowest BCUT2D eigenvalue weighted by molar-refractivity contribution is 0.868. The van der Waals surface area contributed by atoms with Gasteiger partial charge in [-0.05, 0) is 43.7 Å². The van der Waals surface area contributed by atoms with Crippen LogP contribution in [0.1, 0.15) is 22.5 Å². The summed E-state index contributed by atoms with van der Waals surface area (Å²) in [7, 11) is 0. The summed E-state index contributed by atoms with van der Waals surface area (Å²) in [5.74, 6) is 1.61. The van der Waals surface area contributed by atoms with Crippen LogP contribution in [-0.2, 0) is 5.75 Å². The molecule has 3 aromatic rings. The van der Waals surface area contributed by atoms with E-state index in [0.717, 1.165) is 28.0 Å². The molecule has 114 valence electrons. The second-order valence-electron chi connectivity index (χ2n) is 5.30. The molecule has 4 nitrogen and oxygen atoms in total. The quantitative estimate of drug-likeness (QED) is 0.681. The fraction of sp³-hybridized carbons (Fsp3) is 0.167. The molecule has 0 radical (unpaired) electrons. The van der Waals surface area contributed by atoms with E-state index >= 15 is 0 Å². The zero-order valence-electron chi connectivity index (χ0n) is 13.0. The lowest BCUT2D eigenvalue weighted by atomic mass is 10.2. The Morgan fingerprint density at radius 1 is 1.09 bits per heavy atom. The fourth-order valence-electron chi connectivity index (χ4n) is 2.31. The highest BCUT2D eigenvalue weighted by molar-refractivity contribution is 7.98. The van der Waals surface area contributed by atoms with Crippen LogP contribution in [0.4, 0.5) is 0 Å². The van der Waals surface area contributed by atoms with Crippen molar-refractivity contribution in [2.75, 3.05) is 0 Å². The van der Waals surface area contributed by atoms with E-state index in [9.17, 15) is 0 Å². The van der Waals surface area contributed by atoms with Crippen LogP contribution in [0.15, 0.2) is 53.7 Å². The Labute approximate surface area is 139 Å². The van der Waals surface area contributed by atoms with Crippen LogP contribution >= 0.6 is 11.8 Å². The first kappa shape index (κ1) is 15.3. The van der Waals surface area contributed by atoms with E-state index in [0.29, 0.717) is 5.56 Å². The molecule has 0 aliphatic carbocycles. The lowest BCUT2D eigenvalue weighted by Crippen LogP contribution is -1.99. The maximum absolute atomic E-state index is 8.98. The second-order valence-corrected chi connectivity index (χ2v) is 6.24. The number of benzene rings is 2. The predicted molar refractivity (Wildman–Crippen MR) is 91.6 cm³/mol. The minimum absolute atomic E-state index is 0.680. The normalized spacial score (nSPS) is 10.5. The average molecular weight is 320 g/mol. The molecule has 0 atom stereocenters. The summed E-state index contributed by atoms with van der Waals surface area (Å²) in [6.45, 7) is 4.02. The van der Waals surface area contributed by atoms with Crippen LogP contribution in [0.3, 0.4) is 0 Å². The molecular weight excluding hydrogens is 304 g/mol. The zero-order chi connectivity index (χ0) is 16.2. The number of nitrogens with zero attached hydrogens (tertiary/aromatic N) is 4. The molecule has 0 saturated carbocycles. The molecule has 0 saturated heterocycles. The van der Waals surface area contributed by atoms with Gasteiger partial charge in [0.2, 0.25) is 0 Å². The van der Waals surface area contributed by atoms with E-state index < -0.39 is 0 Å². The van der Waals surface area contributed by atoms with Gasteiger partial charge in [0.25, 0.3) is 0 Å². The number of hydrogen-bond acceptors (Lipinski definition) is 4. The van der Waals surface area contributed by atoms with E-state index in [1.807, 2.05) is 31.2 Å². The third-order valence-corrected chi connectivity index (χ3v) is 4.51. The van der Waals surface area contributed by atoms with Crippen LogP contribution < -0.4 is 0 Å². The van der Waals surface area contributed by atoms with Crippen molar-refractivity contribution in [3.05, 3.63) is 71.0 Å². The van der Waals surface area contributed by atoms with E-state index in [1.165, 1.54) is 5.56 Å². The average Bonchev–Trinajstić information content (AvgIpc) is 2.95. The van der Waals surface area contributed by atoms with E-state index in [1.54, 1.807) is 11.8 Å². The Hall–Kier alpha value is -2.58. The van der Waals surface area contributed by atoms with Gasteiger partial charge in [0.05, 0.1) is 11.6 Å². The number of hydrogen-bond donors (Lipinski definition) is 0. The third-order valence-electron chi connectivity index (χ3n) is 3.51. The number of aryl methyl sites for hydroxylation is 2. The molecule has 0 spiro atoms. The fourth-order valence-corrected chi connectivity index (χ4v) is 3.25. The van der Waals surface area contributed by atoms with E-state index in [4.69, 9.17) is 5.26 Å². The smallest absolute Gasteiger partial charge is 0.196 e. The van der Waals surface area contributed by atoms with Crippen molar-refractivity contribution in [2.45, 2.75) is 24.8 Å². The van der Waals surface area contributed by atoms with Crippen molar-refractivity contribution in [3.63, 3.8) is 0 Å². The Balaban J connectivity index is 1.84. The molecule has 23 heavy (non-hydrogen) atoms. The van der Waals surface area contributed by atoms with Crippen LogP contribution in [-0.4, -0.2) is 14.8 Å². The van der Waals surface area contributed by atoms with Crippen molar-refractivity contribution in [1.82, 2.24) is 14.8 Å². The molecule has 0 unspecified atom stereocenters. The van der Waals surface area contributed by atoms with Gasteiger partial charge in [0.1, 0.15) is 5.82 Å². The first-order chi connectivity index (χ1) is 11.2. The predicted octanol–water partition coefficient (Wildman–Crippen LogP) is 4.05. The number of aromatic nitrogens is 3. The van der Waals surface area contributed by atoms with Crippen molar-refractivity contribution in [1.29, 1.82) is 5.26 Å². The molecule has 0 fully saturated rings. The summed E-state index contributed by atoms with van der Waals surface area (Å²) < 4.78 is 2.05. The molecule has 1 aromatic heterocycles. The molecule has 0 aliphatic heterocycles. The van der Waals surface area contributed by atoms with Gasteiger partial charge in [-0.15, -0.1) is 10.2 Å². The Morgan fingerprint density at radius 2 is 1.87 bits per heavy atom. The summed E-state index contributed by atoms with van der Waals surface area (Å²) in [6, 6.07) is 18.1.